The first-order valence-electron chi connectivity index (χ1n) is 11.0. The third-order valence-electron chi connectivity index (χ3n) is 5.36. The molecule has 0 bridgehead atoms. The average molecular weight is 450 g/mol. The van der Waals surface area contributed by atoms with Crippen molar-refractivity contribution in [3.63, 3.8) is 0 Å². The topological polar surface area (TPSA) is 119 Å². The number of primary amides is 1. The molecule has 4 N–H and O–H groups in total. The monoisotopic (exact) mass is 449 g/mol. The predicted molar refractivity (Wildman–Crippen MR) is 129 cm³/mol. The fourth-order valence-electron chi connectivity index (χ4n) is 3.83. The minimum Gasteiger partial charge on any atom is -0.462 e. The molecule has 8 nitrogen and oxygen atoms in total. The molecule has 4 rings (SSSR count). The number of fused-ring (bicyclic) bond motifs is 1. The Morgan fingerprint density at radius 1 is 1.15 bits per heavy atom. The zero-order valence-electron chi connectivity index (χ0n) is 19.2. The van der Waals surface area contributed by atoms with Crippen LogP contribution < -0.4 is 16.4 Å². The number of hydrogen-bond acceptors (Lipinski definition) is 7. The Labute approximate surface area is 194 Å². The maximum atomic E-state index is 11.7. The highest BCUT2D eigenvalue weighted by molar-refractivity contribution is 6.06. The van der Waals surface area contributed by atoms with Crippen LogP contribution >= 0.6 is 0 Å². The molecule has 0 radical (unpaired) electrons. The van der Waals surface area contributed by atoms with Gasteiger partial charge in [0.1, 0.15) is 17.7 Å². The highest BCUT2D eigenvalue weighted by atomic mass is 16.5. The number of benzene rings is 2. The molecular formula is C25H31N5O3. The first-order chi connectivity index (χ1) is 15.8. The SMILES string of the molecule is CC(C)(C)OC=O.NC(=O)c1cccc2c(NC3CNCCC3c3ccccc3)ncnc12. The molecule has 2 unspecified atom stereocenters. The lowest BCUT2D eigenvalue weighted by molar-refractivity contribution is -0.138. The van der Waals surface area contributed by atoms with Gasteiger partial charge in [-0.3, -0.25) is 9.59 Å². The van der Waals surface area contributed by atoms with E-state index in [2.05, 4.69) is 49.6 Å². The van der Waals surface area contributed by atoms with Crippen molar-refractivity contribution in [3.05, 3.63) is 66.0 Å². The number of hydrogen-bond donors (Lipinski definition) is 3. The van der Waals surface area contributed by atoms with Crippen LogP contribution in [-0.4, -0.2) is 47.1 Å². The van der Waals surface area contributed by atoms with Crippen LogP contribution in [0, 0.1) is 0 Å². The fourth-order valence-corrected chi connectivity index (χ4v) is 3.83. The molecule has 2 aromatic carbocycles. The Kier molecular flexibility index (Phi) is 7.95. The maximum Gasteiger partial charge on any atom is 0.293 e. The van der Waals surface area contributed by atoms with Crippen molar-refractivity contribution in [1.29, 1.82) is 0 Å². The minimum absolute atomic E-state index is 0.196. The van der Waals surface area contributed by atoms with Gasteiger partial charge in [0.05, 0.1) is 11.1 Å². The van der Waals surface area contributed by atoms with E-state index in [1.165, 1.54) is 11.9 Å². The van der Waals surface area contributed by atoms with E-state index in [0.717, 1.165) is 30.7 Å². The number of carbonyl (C=O) groups is 2. The van der Waals surface area contributed by atoms with Crippen molar-refractivity contribution in [3.8, 4) is 0 Å². The number of rotatable bonds is 5. The molecule has 2 heterocycles. The average Bonchev–Trinajstić information content (AvgIpc) is 2.79. The first-order valence-corrected chi connectivity index (χ1v) is 11.0. The largest absolute Gasteiger partial charge is 0.462 e. The van der Waals surface area contributed by atoms with Crippen LogP contribution in [0.25, 0.3) is 10.9 Å². The molecule has 1 saturated heterocycles. The summed E-state index contributed by atoms with van der Waals surface area (Å²) < 4.78 is 4.55. The van der Waals surface area contributed by atoms with Crippen molar-refractivity contribution in [1.82, 2.24) is 15.3 Å². The second-order valence-corrected chi connectivity index (χ2v) is 8.88. The fraction of sp³-hybridized carbons (Fsp3) is 0.360. The van der Waals surface area contributed by atoms with E-state index in [0.29, 0.717) is 23.5 Å². The quantitative estimate of drug-likeness (QED) is 0.512. The Hall–Kier alpha value is -3.52. The number of nitrogens with two attached hydrogens (primary N) is 1. The molecule has 1 aliphatic heterocycles. The molecule has 174 valence electrons. The van der Waals surface area contributed by atoms with Crippen LogP contribution in [0.4, 0.5) is 5.82 Å². The van der Waals surface area contributed by atoms with E-state index in [9.17, 15) is 9.59 Å². The molecule has 3 aromatic rings. The van der Waals surface area contributed by atoms with Gasteiger partial charge in [0.15, 0.2) is 0 Å². The molecule has 1 aromatic heterocycles. The van der Waals surface area contributed by atoms with Crippen molar-refractivity contribution in [2.45, 2.75) is 44.8 Å². The number of carbonyl (C=O) groups excluding carboxylic acids is 2. The third-order valence-corrected chi connectivity index (χ3v) is 5.36. The Balaban J connectivity index is 0.000000383. The van der Waals surface area contributed by atoms with Crippen molar-refractivity contribution in [2.75, 3.05) is 18.4 Å². The van der Waals surface area contributed by atoms with E-state index < -0.39 is 5.91 Å². The highest BCUT2D eigenvalue weighted by Gasteiger charge is 2.27. The maximum absolute atomic E-state index is 11.7. The lowest BCUT2D eigenvalue weighted by Crippen LogP contribution is -2.44. The zero-order chi connectivity index (χ0) is 23.8. The van der Waals surface area contributed by atoms with Gasteiger partial charge in [0, 0.05) is 23.9 Å². The summed E-state index contributed by atoms with van der Waals surface area (Å²) in [5, 5.41) is 7.83. The van der Waals surface area contributed by atoms with Gasteiger partial charge in [0.25, 0.3) is 12.4 Å². The minimum atomic E-state index is -0.484. The summed E-state index contributed by atoms with van der Waals surface area (Å²) in [5.41, 5.74) is 7.48. The van der Waals surface area contributed by atoms with Crippen LogP contribution in [0.15, 0.2) is 54.9 Å². The number of nitrogens with zero attached hydrogens (tertiary/aromatic N) is 2. The molecule has 0 spiro atoms. The summed E-state index contributed by atoms with van der Waals surface area (Å²) in [7, 11) is 0. The smallest absolute Gasteiger partial charge is 0.293 e. The van der Waals surface area contributed by atoms with Gasteiger partial charge >= 0.3 is 0 Å². The van der Waals surface area contributed by atoms with Crippen molar-refractivity contribution >= 4 is 29.1 Å². The Bertz CT molecular complexity index is 1080. The van der Waals surface area contributed by atoms with Gasteiger partial charge in [-0.15, -0.1) is 0 Å². The molecular weight excluding hydrogens is 418 g/mol. The standard InChI is InChI=1S/C20H21N5O.C5H10O2/c21-19(26)15-7-4-8-16-18(15)23-12-24-20(16)25-17-11-22-10-9-14(17)13-5-2-1-3-6-13;1-5(2,3)7-4-6/h1-8,12,14,17,22H,9-11H2,(H2,21,26)(H,23,24,25);4H,1-3H3. The van der Waals surface area contributed by atoms with Gasteiger partial charge in [-0.1, -0.05) is 36.4 Å². The summed E-state index contributed by atoms with van der Waals surface area (Å²) in [5.74, 6) is 0.635. The lowest BCUT2D eigenvalue weighted by Gasteiger charge is -2.33. The summed E-state index contributed by atoms with van der Waals surface area (Å²) >= 11 is 0. The highest BCUT2D eigenvalue weighted by Crippen LogP contribution is 2.29. The summed E-state index contributed by atoms with van der Waals surface area (Å²) in [6.45, 7) is 7.76. The molecule has 0 aliphatic carbocycles. The van der Waals surface area contributed by atoms with Crippen LogP contribution in [-0.2, 0) is 9.53 Å². The van der Waals surface area contributed by atoms with Crippen molar-refractivity contribution < 1.29 is 14.3 Å². The third kappa shape index (κ3) is 6.49. The number of amides is 1. The van der Waals surface area contributed by atoms with E-state index in [1.54, 1.807) is 6.07 Å². The second-order valence-electron chi connectivity index (χ2n) is 8.88. The Morgan fingerprint density at radius 3 is 2.55 bits per heavy atom. The van der Waals surface area contributed by atoms with E-state index in [4.69, 9.17) is 5.73 Å². The summed E-state index contributed by atoms with van der Waals surface area (Å²) in [4.78, 5) is 30.0. The molecule has 2 atom stereocenters. The molecule has 1 amide bonds. The van der Waals surface area contributed by atoms with Crippen molar-refractivity contribution in [2.24, 2.45) is 5.73 Å². The molecule has 1 aliphatic rings. The number of ether oxygens (including phenoxy) is 1. The summed E-state index contributed by atoms with van der Waals surface area (Å²) in [6.07, 6.45) is 2.53. The van der Waals surface area contributed by atoms with Gasteiger partial charge in [-0.2, -0.15) is 0 Å². The molecule has 33 heavy (non-hydrogen) atoms. The zero-order valence-corrected chi connectivity index (χ0v) is 19.2. The van der Waals surface area contributed by atoms with Crippen LogP contribution in [0.3, 0.4) is 0 Å². The number of anilines is 1. The first kappa shape index (κ1) is 24.1. The van der Waals surface area contributed by atoms with Gasteiger partial charge in [-0.05, 0) is 51.4 Å². The number of piperidine rings is 1. The molecule has 0 saturated carbocycles. The Morgan fingerprint density at radius 2 is 1.91 bits per heavy atom. The number of para-hydroxylation sites is 1. The van der Waals surface area contributed by atoms with Crippen LogP contribution in [0.2, 0.25) is 0 Å². The number of aromatic nitrogens is 2. The number of nitrogens with one attached hydrogen (secondary N) is 2. The molecule has 1 fully saturated rings. The summed E-state index contributed by atoms with van der Waals surface area (Å²) in [6, 6.07) is 16.2. The van der Waals surface area contributed by atoms with Gasteiger partial charge < -0.3 is 21.1 Å². The predicted octanol–water partition coefficient (Wildman–Crippen LogP) is 3.24. The molecule has 8 heteroatoms. The van der Waals surface area contributed by atoms with E-state index >= 15 is 0 Å². The second kappa shape index (κ2) is 10.9. The normalized spacial score (nSPS) is 18.0. The van der Waals surface area contributed by atoms with Gasteiger partial charge in [0.2, 0.25) is 0 Å². The van der Waals surface area contributed by atoms with E-state index in [1.807, 2.05) is 39.0 Å². The van der Waals surface area contributed by atoms with Gasteiger partial charge in [-0.25, -0.2) is 9.97 Å². The van der Waals surface area contributed by atoms with E-state index in [-0.39, 0.29) is 11.6 Å². The van der Waals surface area contributed by atoms with Crippen LogP contribution in [0.5, 0.6) is 0 Å². The van der Waals surface area contributed by atoms with Crippen LogP contribution in [0.1, 0.15) is 49.0 Å². The lowest BCUT2D eigenvalue weighted by atomic mass is 9.86.